The zero-order valence-electron chi connectivity index (χ0n) is 11.5. The van der Waals surface area contributed by atoms with Crippen molar-refractivity contribution in [3.8, 4) is 0 Å². The zero-order chi connectivity index (χ0) is 12.8. The first-order valence-corrected chi connectivity index (χ1v) is 6.61. The van der Waals surface area contributed by atoms with E-state index in [1.807, 2.05) is 19.1 Å². The highest BCUT2D eigenvalue weighted by Gasteiger charge is 2.08. The number of rotatable bonds is 6. The maximum atomic E-state index is 9.75. The van der Waals surface area contributed by atoms with Crippen molar-refractivity contribution in [1.29, 1.82) is 0 Å². The first-order valence-electron chi connectivity index (χ1n) is 6.61. The van der Waals surface area contributed by atoms with E-state index in [9.17, 15) is 5.11 Å². The second-order valence-corrected chi connectivity index (χ2v) is 4.95. The molecule has 96 valence electrons. The summed E-state index contributed by atoms with van der Waals surface area (Å²) in [5.74, 6) is 0.663. The Morgan fingerprint density at radius 2 is 1.71 bits per heavy atom. The third-order valence-electron chi connectivity index (χ3n) is 3.00. The van der Waals surface area contributed by atoms with Crippen LogP contribution in [0, 0.1) is 5.92 Å². The fourth-order valence-corrected chi connectivity index (χ4v) is 2.00. The molecule has 0 aliphatic heterocycles. The lowest BCUT2D eigenvalue weighted by atomic mass is 10.1. The summed E-state index contributed by atoms with van der Waals surface area (Å²) in [6, 6.07) is 8.29. The third-order valence-corrected chi connectivity index (χ3v) is 3.00. The summed E-state index contributed by atoms with van der Waals surface area (Å²) in [7, 11) is 0. The van der Waals surface area contributed by atoms with E-state index in [4.69, 9.17) is 0 Å². The summed E-state index contributed by atoms with van der Waals surface area (Å²) in [4.78, 5) is 2.37. The van der Waals surface area contributed by atoms with E-state index in [1.165, 1.54) is 5.69 Å². The topological polar surface area (TPSA) is 23.5 Å². The van der Waals surface area contributed by atoms with Crippen LogP contribution in [0.4, 0.5) is 5.69 Å². The predicted molar refractivity (Wildman–Crippen MR) is 74.4 cm³/mol. The molecule has 0 spiro atoms. The van der Waals surface area contributed by atoms with Gasteiger partial charge in [0.2, 0.25) is 0 Å². The van der Waals surface area contributed by atoms with Crippen LogP contribution in [0.15, 0.2) is 24.3 Å². The minimum atomic E-state index is -0.329. The van der Waals surface area contributed by atoms with E-state index in [0.29, 0.717) is 5.92 Å². The molecule has 0 saturated carbocycles. The fraction of sp³-hybridized carbons (Fsp3) is 0.600. The second-order valence-electron chi connectivity index (χ2n) is 4.95. The van der Waals surface area contributed by atoms with Crippen molar-refractivity contribution in [1.82, 2.24) is 0 Å². The average molecular weight is 235 g/mol. The van der Waals surface area contributed by atoms with Gasteiger partial charge in [-0.1, -0.05) is 32.9 Å². The maximum Gasteiger partial charge on any atom is 0.0787 e. The van der Waals surface area contributed by atoms with Gasteiger partial charge in [0.1, 0.15) is 0 Å². The van der Waals surface area contributed by atoms with Crippen molar-refractivity contribution in [3.05, 3.63) is 29.8 Å². The van der Waals surface area contributed by atoms with Gasteiger partial charge < -0.3 is 10.0 Å². The van der Waals surface area contributed by atoms with Crippen molar-refractivity contribution in [2.24, 2.45) is 5.92 Å². The van der Waals surface area contributed by atoms with Crippen LogP contribution in [0.5, 0.6) is 0 Å². The van der Waals surface area contributed by atoms with Gasteiger partial charge in [-0.2, -0.15) is 0 Å². The number of benzene rings is 1. The van der Waals surface area contributed by atoms with Crippen LogP contribution < -0.4 is 4.90 Å². The Hall–Kier alpha value is -1.02. The smallest absolute Gasteiger partial charge is 0.0787 e. The molecule has 1 aromatic rings. The van der Waals surface area contributed by atoms with Crippen molar-refractivity contribution >= 4 is 5.69 Å². The van der Waals surface area contributed by atoms with Gasteiger partial charge in [-0.3, -0.25) is 0 Å². The van der Waals surface area contributed by atoms with E-state index in [1.54, 1.807) is 0 Å². The Morgan fingerprint density at radius 1 is 1.12 bits per heavy atom. The Balaban J connectivity index is 2.77. The predicted octanol–water partition coefficient (Wildman–Crippen LogP) is 3.61. The number of aliphatic hydroxyl groups excluding tert-OH is 1. The molecular formula is C15H25NO. The molecule has 0 heterocycles. The van der Waals surface area contributed by atoms with Gasteiger partial charge in [0.15, 0.2) is 0 Å². The normalized spacial score (nSPS) is 12.8. The van der Waals surface area contributed by atoms with E-state index >= 15 is 0 Å². The molecule has 0 unspecified atom stereocenters. The minimum Gasteiger partial charge on any atom is -0.388 e. The molecule has 0 bridgehead atoms. The highest BCUT2D eigenvalue weighted by Crippen LogP contribution is 2.21. The van der Waals surface area contributed by atoms with Gasteiger partial charge in [-0.05, 0) is 37.0 Å². The SMILES string of the molecule is CC[C@@H](O)c1ccc(N(CC)CC(C)C)cc1. The Kier molecular flexibility index (Phi) is 5.49. The van der Waals surface area contributed by atoms with E-state index in [0.717, 1.165) is 25.1 Å². The highest BCUT2D eigenvalue weighted by molar-refractivity contribution is 5.47. The van der Waals surface area contributed by atoms with Crippen LogP contribution >= 0.6 is 0 Å². The Labute approximate surface area is 105 Å². The minimum absolute atomic E-state index is 0.329. The van der Waals surface area contributed by atoms with Crippen molar-refractivity contribution in [3.63, 3.8) is 0 Å². The summed E-state index contributed by atoms with van der Waals surface area (Å²) in [6.07, 6.45) is 0.437. The van der Waals surface area contributed by atoms with Crippen LogP contribution in [0.1, 0.15) is 45.8 Å². The molecule has 2 heteroatoms. The lowest BCUT2D eigenvalue weighted by Gasteiger charge is -2.25. The molecule has 2 nitrogen and oxygen atoms in total. The van der Waals surface area contributed by atoms with Crippen LogP contribution in [0.3, 0.4) is 0 Å². The number of aliphatic hydroxyl groups is 1. The van der Waals surface area contributed by atoms with Gasteiger partial charge in [-0.25, -0.2) is 0 Å². The quantitative estimate of drug-likeness (QED) is 0.814. The molecule has 0 radical (unpaired) electrons. The van der Waals surface area contributed by atoms with Crippen LogP contribution in [0.2, 0.25) is 0 Å². The summed E-state index contributed by atoms with van der Waals surface area (Å²) < 4.78 is 0. The number of nitrogens with zero attached hydrogens (tertiary/aromatic N) is 1. The molecule has 0 saturated heterocycles. The first kappa shape index (κ1) is 14.0. The summed E-state index contributed by atoms with van der Waals surface area (Å²) in [5, 5.41) is 9.75. The van der Waals surface area contributed by atoms with Crippen molar-refractivity contribution in [2.75, 3.05) is 18.0 Å². The fourth-order valence-electron chi connectivity index (χ4n) is 2.00. The molecule has 0 aromatic heterocycles. The standard InChI is InChI=1S/C15H25NO/c1-5-15(17)13-7-9-14(10-8-13)16(6-2)11-12(3)4/h7-10,12,15,17H,5-6,11H2,1-4H3/t15-/m1/s1. The van der Waals surface area contributed by atoms with E-state index in [2.05, 4.69) is 37.8 Å². The van der Waals surface area contributed by atoms with Crippen LogP contribution in [0.25, 0.3) is 0 Å². The molecule has 0 fully saturated rings. The Morgan fingerprint density at radius 3 is 2.12 bits per heavy atom. The van der Waals surface area contributed by atoms with Gasteiger partial charge in [-0.15, -0.1) is 0 Å². The van der Waals surface area contributed by atoms with Gasteiger partial charge in [0, 0.05) is 18.8 Å². The number of hydrogen-bond acceptors (Lipinski definition) is 2. The lowest BCUT2D eigenvalue weighted by Crippen LogP contribution is -2.27. The van der Waals surface area contributed by atoms with Crippen molar-refractivity contribution < 1.29 is 5.11 Å². The first-order chi connectivity index (χ1) is 8.08. The molecule has 1 N–H and O–H groups in total. The maximum absolute atomic E-state index is 9.75. The van der Waals surface area contributed by atoms with Crippen LogP contribution in [-0.4, -0.2) is 18.2 Å². The molecule has 1 rings (SSSR count). The van der Waals surface area contributed by atoms with E-state index < -0.39 is 0 Å². The van der Waals surface area contributed by atoms with Gasteiger partial charge >= 0.3 is 0 Å². The molecule has 0 aliphatic rings. The zero-order valence-corrected chi connectivity index (χ0v) is 11.5. The van der Waals surface area contributed by atoms with E-state index in [-0.39, 0.29) is 6.10 Å². The average Bonchev–Trinajstić information content (AvgIpc) is 2.35. The Bertz CT molecular complexity index is 318. The summed E-state index contributed by atoms with van der Waals surface area (Å²) >= 11 is 0. The largest absolute Gasteiger partial charge is 0.388 e. The van der Waals surface area contributed by atoms with Gasteiger partial charge in [0.05, 0.1) is 6.10 Å². The molecule has 1 atom stereocenters. The molecular weight excluding hydrogens is 210 g/mol. The molecule has 0 amide bonds. The highest BCUT2D eigenvalue weighted by atomic mass is 16.3. The molecule has 1 aromatic carbocycles. The second kappa shape index (κ2) is 6.65. The summed E-state index contributed by atoms with van der Waals surface area (Å²) in [6.45, 7) is 10.7. The third kappa shape index (κ3) is 4.04. The monoisotopic (exact) mass is 235 g/mol. The van der Waals surface area contributed by atoms with Crippen molar-refractivity contribution in [2.45, 2.75) is 40.2 Å². The van der Waals surface area contributed by atoms with Gasteiger partial charge in [0.25, 0.3) is 0 Å². The number of hydrogen-bond donors (Lipinski definition) is 1. The number of anilines is 1. The molecule has 17 heavy (non-hydrogen) atoms. The lowest BCUT2D eigenvalue weighted by molar-refractivity contribution is 0.173. The molecule has 0 aliphatic carbocycles. The van der Waals surface area contributed by atoms with Crippen LogP contribution in [-0.2, 0) is 0 Å². The summed E-state index contributed by atoms with van der Waals surface area (Å²) in [5.41, 5.74) is 2.25.